The average Bonchev–Trinajstić information content (AvgIpc) is 2.90. The van der Waals surface area contributed by atoms with Crippen molar-refractivity contribution in [1.29, 1.82) is 0 Å². The molecule has 21 heavy (non-hydrogen) atoms. The number of oxazole rings is 1. The third-order valence-electron chi connectivity index (χ3n) is 3.81. The molecule has 112 valence electrons. The molecule has 1 aliphatic rings. The number of piperazine rings is 1. The van der Waals surface area contributed by atoms with Crippen LogP contribution in [0.15, 0.2) is 22.6 Å². The molecule has 6 nitrogen and oxygen atoms in total. The Labute approximate surface area is 123 Å². The minimum absolute atomic E-state index is 0.361. The summed E-state index contributed by atoms with van der Waals surface area (Å²) >= 11 is 0. The highest BCUT2D eigenvalue weighted by Gasteiger charge is 2.17. The first-order valence-corrected chi connectivity index (χ1v) is 7.04. The van der Waals surface area contributed by atoms with Gasteiger partial charge in [0.1, 0.15) is 5.52 Å². The number of nitrogens with zero attached hydrogens (tertiary/aromatic N) is 3. The Balaban J connectivity index is 1.76. The molecular formula is C15H19N3O3. The fourth-order valence-electron chi connectivity index (χ4n) is 2.48. The van der Waals surface area contributed by atoms with Crippen molar-refractivity contribution >= 4 is 17.1 Å². The van der Waals surface area contributed by atoms with Crippen molar-refractivity contribution < 1.29 is 13.9 Å². The lowest BCUT2D eigenvalue weighted by Gasteiger charge is -2.31. The van der Waals surface area contributed by atoms with Crippen LogP contribution in [0.4, 0.5) is 0 Å². The number of carbonyl (C=O) groups excluding carboxylic acids is 1. The number of esters is 1. The van der Waals surface area contributed by atoms with E-state index in [0.717, 1.165) is 26.2 Å². The third-order valence-corrected chi connectivity index (χ3v) is 3.81. The zero-order chi connectivity index (χ0) is 14.8. The fourth-order valence-corrected chi connectivity index (χ4v) is 2.48. The third kappa shape index (κ3) is 3.06. The lowest BCUT2D eigenvalue weighted by Crippen LogP contribution is -2.43. The minimum atomic E-state index is -0.361. The van der Waals surface area contributed by atoms with Crippen LogP contribution < -0.4 is 0 Å². The smallest absolute Gasteiger partial charge is 0.337 e. The molecule has 0 spiro atoms. The lowest BCUT2D eigenvalue weighted by molar-refractivity contribution is 0.0601. The first-order chi connectivity index (χ1) is 10.2. The number of hydrogen-bond acceptors (Lipinski definition) is 6. The van der Waals surface area contributed by atoms with Gasteiger partial charge in [-0.15, -0.1) is 0 Å². The van der Waals surface area contributed by atoms with E-state index in [4.69, 9.17) is 9.15 Å². The van der Waals surface area contributed by atoms with Gasteiger partial charge < -0.3 is 14.1 Å². The number of likely N-dealkylation sites (N-methyl/N-ethyl adjacent to an activating group) is 1. The molecule has 1 fully saturated rings. The normalized spacial score (nSPS) is 17.2. The maximum atomic E-state index is 11.5. The molecule has 1 aromatic heterocycles. The SMILES string of the molecule is COC(=O)c1ccc2oc(CN3CCN(C)CC3)nc2c1. The second-order valence-electron chi connectivity index (χ2n) is 5.36. The summed E-state index contributed by atoms with van der Waals surface area (Å²) in [5, 5.41) is 0. The summed E-state index contributed by atoms with van der Waals surface area (Å²) in [5.74, 6) is 0.331. The van der Waals surface area contributed by atoms with Crippen LogP contribution in [-0.2, 0) is 11.3 Å². The summed E-state index contributed by atoms with van der Waals surface area (Å²) in [4.78, 5) is 20.6. The van der Waals surface area contributed by atoms with E-state index in [1.807, 2.05) is 0 Å². The first-order valence-electron chi connectivity index (χ1n) is 7.04. The minimum Gasteiger partial charge on any atom is -0.465 e. The number of fused-ring (bicyclic) bond motifs is 1. The number of carbonyl (C=O) groups is 1. The Kier molecular flexibility index (Phi) is 3.90. The van der Waals surface area contributed by atoms with Gasteiger partial charge in [0.2, 0.25) is 5.89 Å². The number of rotatable bonds is 3. The van der Waals surface area contributed by atoms with E-state index in [9.17, 15) is 4.79 Å². The molecule has 3 rings (SSSR count). The van der Waals surface area contributed by atoms with Crippen LogP contribution in [0.2, 0.25) is 0 Å². The summed E-state index contributed by atoms with van der Waals surface area (Å²) in [6.07, 6.45) is 0. The topological polar surface area (TPSA) is 58.8 Å². The van der Waals surface area contributed by atoms with Crippen LogP contribution in [-0.4, -0.2) is 61.1 Å². The van der Waals surface area contributed by atoms with Gasteiger partial charge in [0.05, 0.1) is 19.2 Å². The molecule has 0 aliphatic carbocycles. The van der Waals surface area contributed by atoms with Gasteiger partial charge in [-0.25, -0.2) is 9.78 Å². The van der Waals surface area contributed by atoms with Crippen molar-refractivity contribution in [3.8, 4) is 0 Å². The predicted octanol–water partition coefficient (Wildman–Crippen LogP) is 1.36. The van der Waals surface area contributed by atoms with Crippen molar-refractivity contribution in [3.63, 3.8) is 0 Å². The molecular weight excluding hydrogens is 270 g/mol. The maximum absolute atomic E-state index is 11.5. The summed E-state index contributed by atoms with van der Waals surface area (Å²) in [6.45, 7) is 4.86. The Morgan fingerprint density at radius 1 is 1.33 bits per heavy atom. The van der Waals surface area contributed by atoms with Gasteiger partial charge >= 0.3 is 5.97 Å². The highest BCUT2D eigenvalue weighted by Crippen LogP contribution is 2.19. The van der Waals surface area contributed by atoms with Crippen LogP contribution in [0, 0.1) is 0 Å². The molecule has 1 aromatic carbocycles. The zero-order valence-corrected chi connectivity index (χ0v) is 12.3. The van der Waals surface area contributed by atoms with Crippen LogP contribution in [0.25, 0.3) is 11.1 Å². The van der Waals surface area contributed by atoms with Crippen molar-refractivity contribution in [2.75, 3.05) is 40.3 Å². The molecule has 2 aromatic rings. The van der Waals surface area contributed by atoms with E-state index >= 15 is 0 Å². The lowest BCUT2D eigenvalue weighted by atomic mass is 10.2. The largest absolute Gasteiger partial charge is 0.465 e. The molecule has 0 saturated carbocycles. The Bertz CT molecular complexity index is 645. The average molecular weight is 289 g/mol. The molecule has 0 radical (unpaired) electrons. The molecule has 1 saturated heterocycles. The molecule has 0 amide bonds. The fraction of sp³-hybridized carbons (Fsp3) is 0.467. The Morgan fingerprint density at radius 2 is 2.10 bits per heavy atom. The van der Waals surface area contributed by atoms with Crippen molar-refractivity contribution in [2.45, 2.75) is 6.54 Å². The van der Waals surface area contributed by atoms with Crippen molar-refractivity contribution in [1.82, 2.24) is 14.8 Å². The van der Waals surface area contributed by atoms with Gasteiger partial charge in [-0.3, -0.25) is 4.90 Å². The number of benzene rings is 1. The molecule has 0 atom stereocenters. The van der Waals surface area contributed by atoms with Gasteiger partial charge in [-0.1, -0.05) is 0 Å². The second kappa shape index (κ2) is 5.83. The summed E-state index contributed by atoms with van der Waals surface area (Å²) in [6, 6.07) is 5.17. The zero-order valence-electron chi connectivity index (χ0n) is 12.3. The highest BCUT2D eigenvalue weighted by atomic mass is 16.5. The highest BCUT2D eigenvalue weighted by molar-refractivity contribution is 5.93. The summed E-state index contributed by atoms with van der Waals surface area (Å²) in [5.41, 5.74) is 1.89. The van der Waals surface area contributed by atoms with E-state index in [1.54, 1.807) is 18.2 Å². The van der Waals surface area contributed by atoms with Crippen LogP contribution in [0.5, 0.6) is 0 Å². The molecule has 1 aliphatic heterocycles. The van der Waals surface area contributed by atoms with Crippen molar-refractivity contribution in [3.05, 3.63) is 29.7 Å². The van der Waals surface area contributed by atoms with E-state index in [1.165, 1.54) is 7.11 Å². The molecule has 2 heterocycles. The van der Waals surface area contributed by atoms with Gasteiger partial charge in [0.15, 0.2) is 5.58 Å². The van der Waals surface area contributed by atoms with Gasteiger partial charge in [-0.05, 0) is 25.2 Å². The predicted molar refractivity (Wildman–Crippen MR) is 78.1 cm³/mol. The maximum Gasteiger partial charge on any atom is 0.337 e. The van der Waals surface area contributed by atoms with E-state index in [0.29, 0.717) is 29.1 Å². The quantitative estimate of drug-likeness (QED) is 0.795. The summed E-state index contributed by atoms with van der Waals surface area (Å²) in [7, 11) is 3.50. The Hall–Kier alpha value is -1.92. The first kappa shape index (κ1) is 14.0. The Morgan fingerprint density at radius 3 is 2.81 bits per heavy atom. The van der Waals surface area contributed by atoms with E-state index in [2.05, 4.69) is 21.8 Å². The molecule has 6 heteroatoms. The van der Waals surface area contributed by atoms with Gasteiger partial charge in [-0.2, -0.15) is 0 Å². The van der Waals surface area contributed by atoms with Crippen molar-refractivity contribution in [2.24, 2.45) is 0 Å². The second-order valence-corrected chi connectivity index (χ2v) is 5.36. The number of ether oxygens (including phenoxy) is 1. The standard InChI is InChI=1S/C15H19N3O3/c1-17-5-7-18(8-6-17)10-14-16-12-9-11(15(19)20-2)3-4-13(12)21-14/h3-4,9H,5-8,10H2,1-2H3. The number of hydrogen-bond donors (Lipinski definition) is 0. The van der Waals surface area contributed by atoms with Crippen LogP contribution in [0.1, 0.15) is 16.2 Å². The summed E-state index contributed by atoms with van der Waals surface area (Å²) < 4.78 is 10.5. The molecule has 0 N–H and O–H groups in total. The van der Waals surface area contributed by atoms with E-state index < -0.39 is 0 Å². The van der Waals surface area contributed by atoms with Crippen LogP contribution >= 0.6 is 0 Å². The number of methoxy groups -OCH3 is 1. The number of aromatic nitrogens is 1. The monoisotopic (exact) mass is 289 g/mol. The van der Waals surface area contributed by atoms with Gasteiger partial charge in [0, 0.05) is 26.2 Å². The van der Waals surface area contributed by atoms with E-state index in [-0.39, 0.29) is 5.97 Å². The van der Waals surface area contributed by atoms with Crippen LogP contribution in [0.3, 0.4) is 0 Å². The van der Waals surface area contributed by atoms with Gasteiger partial charge in [0.25, 0.3) is 0 Å². The molecule has 0 bridgehead atoms. The molecule has 0 unspecified atom stereocenters.